The van der Waals surface area contributed by atoms with Gasteiger partial charge >= 0.3 is 12.0 Å². The molecule has 8 heteroatoms. The molecule has 1 aliphatic heterocycles. The highest BCUT2D eigenvalue weighted by Crippen LogP contribution is 2.28. The van der Waals surface area contributed by atoms with Crippen molar-refractivity contribution >= 4 is 12.0 Å². The Bertz CT molecular complexity index is 364. The number of carboxylic acid groups (broad SMARTS) is 1. The Hall–Kier alpha value is -1.38. The lowest BCUT2D eigenvalue weighted by Gasteiger charge is -2.25. The van der Waals surface area contributed by atoms with Gasteiger partial charge in [0.05, 0.1) is 32.5 Å². The van der Waals surface area contributed by atoms with Gasteiger partial charge in [0, 0.05) is 13.1 Å². The van der Waals surface area contributed by atoms with Gasteiger partial charge in [0.1, 0.15) is 5.41 Å². The van der Waals surface area contributed by atoms with Crippen LogP contribution < -0.4 is 10.6 Å². The SMILES string of the molecule is CN(C)CCOCCNC(=O)NC1COCC1(C)C(=O)O. The molecule has 0 aromatic heterocycles. The molecule has 1 fully saturated rings. The zero-order valence-electron chi connectivity index (χ0n) is 12.8. The lowest BCUT2D eigenvalue weighted by molar-refractivity contribution is -0.148. The third-order valence-corrected chi connectivity index (χ3v) is 3.46. The molecule has 0 aliphatic carbocycles. The standard InChI is InChI=1S/C13H25N3O5/c1-13(11(17)18)9-21-8-10(13)15-12(19)14-4-6-20-7-5-16(2)3/h10H,4-9H2,1-3H3,(H,17,18)(H2,14,15,19). The monoisotopic (exact) mass is 303 g/mol. The van der Waals surface area contributed by atoms with Gasteiger partial charge in [0.15, 0.2) is 0 Å². The first-order valence-corrected chi connectivity index (χ1v) is 6.94. The zero-order valence-corrected chi connectivity index (χ0v) is 12.8. The van der Waals surface area contributed by atoms with Crippen LogP contribution in [0.1, 0.15) is 6.92 Å². The van der Waals surface area contributed by atoms with Crippen LogP contribution in [0.2, 0.25) is 0 Å². The zero-order chi connectivity index (χ0) is 15.9. The van der Waals surface area contributed by atoms with Gasteiger partial charge in [0.25, 0.3) is 0 Å². The molecule has 2 amide bonds. The number of nitrogens with one attached hydrogen (secondary N) is 2. The summed E-state index contributed by atoms with van der Waals surface area (Å²) >= 11 is 0. The lowest BCUT2D eigenvalue weighted by atomic mass is 9.85. The smallest absolute Gasteiger partial charge is 0.315 e. The first-order chi connectivity index (χ1) is 9.86. The molecule has 1 aliphatic rings. The number of likely N-dealkylation sites (N-methyl/N-ethyl adjacent to an activating group) is 1. The Morgan fingerprint density at radius 3 is 2.76 bits per heavy atom. The van der Waals surface area contributed by atoms with Crippen molar-refractivity contribution in [1.82, 2.24) is 15.5 Å². The molecule has 0 radical (unpaired) electrons. The molecule has 2 unspecified atom stereocenters. The van der Waals surface area contributed by atoms with E-state index in [4.69, 9.17) is 9.47 Å². The molecule has 3 N–H and O–H groups in total. The molecule has 21 heavy (non-hydrogen) atoms. The van der Waals surface area contributed by atoms with Crippen LogP contribution >= 0.6 is 0 Å². The third-order valence-electron chi connectivity index (χ3n) is 3.46. The van der Waals surface area contributed by atoms with Crippen LogP contribution in [0, 0.1) is 5.41 Å². The molecule has 8 nitrogen and oxygen atoms in total. The summed E-state index contributed by atoms with van der Waals surface area (Å²) in [5.41, 5.74) is -1.08. The Labute approximate surface area is 124 Å². The van der Waals surface area contributed by atoms with Gasteiger partial charge in [-0.15, -0.1) is 0 Å². The fourth-order valence-electron chi connectivity index (χ4n) is 1.88. The highest BCUT2D eigenvalue weighted by Gasteiger charge is 2.47. The Kier molecular flexibility index (Phi) is 6.86. The van der Waals surface area contributed by atoms with Gasteiger partial charge < -0.3 is 30.1 Å². The number of ether oxygens (including phenoxy) is 2. The molecule has 122 valence electrons. The normalized spacial score (nSPS) is 25.0. The van der Waals surface area contributed by atoms with E-state index in [9.17, 15) is 14.7 Å². The average Bonchev–Trinajstić information content (AvgIpc) is 2.76. The van der Waals surface area contributed by atoms with Gasteiger partial charge in [-0.2, -0.15) is 0 Å². The number of rotatable bonds is 8. The van der Waals surface area contributed by atoms with Crippen molar-refractivity contribution in [2.24, 2.45) is 5.41 Å². The number of nitrogens with zero attached hydrogens (tertiary/aromatic N) is 1. The number of hydrogen-bond donors (Lipinski definition) is 3. The highest BCUT2D eigenvalue weighted by molar-refractivity contribution is 5.79. The van der Waals surface area contributed by atoms with Crippen molar-refractivity contribution in [2.75, 3.05) is 53.6 Å². The van der Waals surface area contributed by atoms with Crippen molar-refractivity contribution in [3.63, 3.8) is 0 Å². The fourth-order valence-corrected chi connectivity index (χ4v) is 1.88. The Balaban J connectivity index is 2.20. The van der Waals surface area contributed by atoms with Crippen LogP contribution in [0.3, 0.4) is 0 Å². The molecular weight excluding hydrogens is 278 g/mol. The summed E-state index contributed by atoms with van der Waals surface area (Å²) in [6.45, 7) is 4.08. The maximum atomic E-state index is 11.7. The van der Waals surface area contributed by atoms with Gasteiger partial charge in [-0.3, -0.25) is 4.79 Å². The van der Waals surface area contributed by atoms with E-state index in [0.29, 0.717) is 19.8 Å². The molecule has 0 saturated carbocycles. The molecule has 1 saturated heterocycles. The quantitative estimate of drug-likeness (QED) is 0.515. The maximum Gasteiger partial charge on any atom is 0.315 e. The first-order valence-electron chi connectivity index (χ1n) is 6.94. The number of hydrogen-bond acceptors (Lipinski definition) is 5. The second-order valence-corrected chi connectivity index (χ2v) is 5.61. The summed E-state index contributed by atoms with van der Waals surface area (Å²) in [6, 6.07) is -0.946. The summed E-state index contributed by atoms with van der Waals surface area (Å²) in [6.07, 6.45) is 0. The molecule has 0 aromatic carbocycles. The molecule has 2 atom stereocenters. The number of carboxylic acids is 1. The minimum Gasteiger partial charge on any atom is -0.481 e. The Morgan fingerprint density at radius 1 is 1.43 bits per heavy atom. The van der Waals surface area contributed by atoms with Crippen molar-refractivity contribution in [3.8, 4) is 0 Å². The largest absolute Gasteiger partial charge is 0.481 e. The number of carbonyl (C=O) groups is 2. The summed E-state index contributed by atoms with van der Waals surface area (Å²) in [7, 11) is 3.91. The molecule has 1 rings (SSSR count). The van der Waals surface area contributed by atoms with E-state index in [1.807, 2.05) is 19.0 Å². The first kappa shape index (κ1) is 17.7. The predicted octanol–water partition coefficient (Wildman–Crippen LogP) is -0.646. The van der Waals surface area contributed by atoms with Gasteiger partial charge in [-0.25, -0.2) is 4.79 Å². The van der Waals surface area contributed by atoms with E-state index in [1.54, 1.807) is 6.92 Å². The van der Waals surface area contributed by atoms with Gasteiger partial charge in [-0.1, -0.05) is 0 Å². The number of urea groups is 1. The van der Waals surface area contributed by atoms with Crippen molar-refractivity contribution < 1.29 is 24.2 Å². The van der Waals surface area contributed by atoms with Crippen LogP contribution in [-0.4, -0.2) is 81.7 Å². The second kappa shape index (κ2) is 8.16. The van der Waals surface area contributed by atoms with Crippen LogP contribution in [0.5, 0.6) is 0 Å². The van der Waals surface area contributed by atoms with E-state index in [0.717, 1.165) is 6.54 Å². The molecule has 0 bridgehead atoms. The van der Waals surface area contributed by atoms with E-state index in [2.05, 4.69) is 10.6 Å². The number of amides is 2. The summed E-state index contributed by atoms with van der Waals surface area (Å²) in [5, 5.41) is 14.5. The molecule has 1 heterocycles. The lowest BCUT2D eigenvalue weighted by Crippen LogP contribution is -2.52. The van der Waals surface area contributed by atoms with E-state index >= 15 is 0 Å². The van der Waals surface area contributed by atoms with E-state index < -0.39 is 23.5 Å². The van der Waals surface area contributed by atoms with Crippen LogP contribution in [0.25, 0.3) is 0 Å². The van der Waals surface area contributed by atoms with Crippen molar-refractivity contribution in [1.29, 1.82) is 0 Å². The van der Waals surface area contributed by atoms with Gasteiger partial charge in [-0.05, 0) is 21.0 Å². The topological polar surface area (TPSA) is 100 Å². The average molecular weight is 303 g/mol. The van der Waals surface area contributed by atoms with Crippen LogP contribution in [0.4, 0.5) is 4.79 Å². The number of aliphatic carboxylic acids is 1. The third kappa shape index (κ3) is 5.49. The summed E-state index contributed by atoms with van der Waals surface area (Å²) < 4.78 is 10.5. The second-order valence-electron chi connectivity index (χ2n) is 5.61. The maximum absolute atomic E-state index is 11.7. The minimum atomic E-state index is -1.08. The highest BCUT2D eigenvalue weighted by atomic mass is 16.5. The molecule has 0 spiro atoms. The van der Waals surface area contributed by atoms with Gasteiger partial charge in [0.2, 0.25) is 0 Å². The summed E-state index contributed by atoms with van der Waals surface area (Å²) in [4.78, 5) is 24.9. The predicted molar refractivity (Wildman–Crippen MR) is 76.3 cm³/mol. The summed E-state index contributed by atoms with van der Waals surface area (Å²) in [5.74, 6) is -0.975. The van der Waals surface area contributed by atoms with Crippen LogP contribution in [-0.2, 0) is 14.3 Å². The van der Waals surface area contributed by atoms with E-state index in [1.165, 1.54) is 0 Å². The molecular formula is C13H25N3O5. The fraction of sp³-hybridized carbons (Fsp3) is 0.846. The number of carbonyl (C=O) groups excluding carboxylic acids is 1. The van der Waals surface area contributed by atoms with Crippen molar-refractivity contribution in [2.45, 2.75) is 13.0 Å². The van der Waals surface area contributed by atoms with E-state index in [-0.39, 0.29) is 13.2 Å². The molecule has 0 aromatic rings. The minimum absolute atomic E-state index is 0.0981. The van der Waals surface area contributed by atoms with Crippen molar-refractivity contribution in [3.05, 3.63) is 0 Å². The van der Waals surface area contributed by atoms with Crippen LogP contribution in [0.15, 0.2) is 0 Å². The Morgan fingerprint density at radius 2 is 2.14 bits per heavy atom.